The molecule has 1 N–H and O–H groups in total. The second-order valence-corrected chi connectivity index (χ2v) is 7.71. The van der Waals surface area contributed by atoms with Gasteiger partial charge in [0.2, 0.25) is 0 Å². The van der Waals surface area contributed by atoms with Crippen LogP contribution in [0.2, 0.25) is 0 Å². The Morgan fingerprint density at radius 3 is 2.34 bits per heavy atom. The number of anilines is 1. The molecule has 168 valence electrons. The lowest BCUT2D eigenvalue weighted by molar-refractivity contribution is -0.137. The van der Waals surface area contributed by atoms with Crippen LogP contribution < -0.4 is 9.64 Å². The van der Waals surface area contributed by atoms with E-state index in [0.717, 1.165) is 23.7 Å². The van der Waals surface area contributed by atoms with Crippen molar-refractivity contribution in [3.8, 4) is 5.75 Å². The third kappa shape index (κ3) is 4.98. The first-order valence-corrected chi connectivity index (χ1v) is 10.3. The van der Waals surface area contributed by atoms with Crippen molar-refractivity contribution in [3.05, 3.63) is 71.9 Å². The molecule has 1 aliphatic rings. The molecule has 1 fully saturated rings. The topological polar surface area (TPSA) is 74.3 Å². The smallest absolute Gasteiger partial charge is 0.410 e. The number of alkyl halides is 3. The van der Waals surface area contributed by atoms with Gasteiger partial charge in [-0.3, -0.25) is 0 Å². The number of carbonyl (C=O) groups is 1. The van der Waals surface area contributed by atoms with Crippen molar-refractivity contribution in [3.63, 3.8) is 0 Å². The number of hydrogen-bond acceptors (Lipinski definition) is 6. The Morgan fingerprint density at radius 1 is 1.06 bits per heavy atom. The summed E-state index contributed by atoms with van der Waals surface area (Å²) in [5.41, 5.74) is 0.114. The zero-order valence-electron chi connectivity index (χ0n) is 16.8. The van der Waals surface area contributed by atoms with Gasteiger partial charge in [-0.2, -0.15) is 25.8 Å². The van der Waals surface area contributed by atoms with Gasteiger partial charge in [0, 0.05) is 44.8 Å². The van der Waals surface area contributed by atoms with Crippen LogP contribution >= 0.6 is 12.6 Å². The highest BCUT2D eigenvalue weighted by atomic mass is 32.1. The fourth-order valence-corrected chi connectivity index (χ4v) is 3.64. The number of hydrogen-bond donors (Lipinski definition) is 2. The number of nitrogens with one attached hydrogen (secondary N) is 1. The Hall–Kier alpha value is -3.21. The molecule has 1 amide bonds. The van der Waals surface area contributed by atoms with E-state index >= 15 is 0 Å². The Morgan fingerprint density at radius 2 is 1.78 bits per heavy atom. The first-order valence-electron chi connectivity index (χ1n) is 9.83. The molecule has 0 spiro atoms. The Kier molecular flexibility index (Phi) is 6.26. The molecule has 0 saturated carbocycles. The number of ether oxygens (including phenoxy) is 1. The van der Waals surface area contributed by atoms with E-state index in [0.29, 0.717) is 37.7 Å². The molecule has 1 aliphatic heterocycles. The van der Waals surface area contributed by atoms with Crippen molar-refractivity contribution >= 4 is 24.5 Å². The van der Waals surface area contributed by atoms with Gasteiger partial charge in [-0.25, -0.2) is 14.8 Å². The number of imidazole rings is 1. The highest BCUT2D eigenvalue weighted by molar-refractivity contribution is 7.80. The lowest BCUT2D eigenvalue weighted by atomic mass is 10.1. The van der Waals surface area contributed by atoms with Crippen LogP contribution in [0.3, 0.4) is 0 Å². The van der Waals surface area contributed by atoms with Gasteiger partial charge >= 0.3 is 12.3 Å². The van der Waals surface area contributed by atoms with Crippen LogP contribution in [0, 0.1) is 0 Å². The number of amides is 1. The zero-order valence-corrected chi connectivity index (χ0v) is 17.7. The Bertz CT molecular complexity index is 1030. The molecule has 4 rings (SSSR count). The predicted molar refractivity (Wildman–Crippen MR) is 115 cm³/mol. The minimum Gasteiger partial charge on any atom is -0.410 e. The van der Waals surface area contributed by atoms with E-state index in [1.807, 2.05) is 17.0 Å². The first kappa shape index (κ1) is 22.0. The number of piperazine rings is 1. The third-order valence-corrected chi connectivity index (χ3v) is 5.66. The number of aromatic amines is 1. The van der Waals surface area contributed by atoms with Gasteiger partial charge in [0.1, 0.15) is 17.4 Å². The monoisotopic (exact) mass is 463 g/mol. The number of carbonyl (C=O) groups excluding carboxylic acids is 1. The van der Waals surface area contributed by atoms with Gasteiger partial charge in [-0.15, -0.1) is 0 Å². The first-order chi connectivity index (χ1) is 15.3. The molecule has 1 aromatic carbocycles. The minimum absolute atomic E-state index is 0.221. The molecule has 1 saturated heterocycles. The molecule has 0 aliphatic carbocycles. The number of halogens is 3. The van der Waals surface area contributed by atoms with Crippen LogP contribution in [0.1, 0.15) is 22.2 Å². The van der Waals surface area contributed by atoms with Gasteiger partial charge in [-0.1, -0.05) is 12.1 Å². The number of thiol groups is 1. The van der Waals surface area contributed by atoms with Gasteiger partial charge < -0.3 is 19.5 Å². The molecule has 32 heavy (non-hydrogen) atoms. The van der Waals surface area contributed by atoms with Crippen molar-refractivity contribution in [1.29, 1.82) is 0 Å². The van der Waals surface area contributed by atoms with Crippen molar-refractivity contribution < 1.29 is 22.7 Å². The molecule has 2 aromatic heterocycles. The summed E-state index contributed by atoms with van der Waals surface area (Å²) in [5.74, 6) is 1.57. The number of H-pyrrole nitrogens is 1. The lowest BCUT2D eigenvalue weighted by Gasteiger charge is -2.34. The van der Waals surface area contributed by atoms with Crippen LogP contribution in [0.15, 0.2) is 55.0 Å². The molecule has 0 radical (unpaired) electrons. The number of aromatic nitrogens is 3. The summed E-state index contributed by atoms with van der Waals surface area (Å²) in [4.78, 5) is 27.0. The zero-order chi connectivity index (χ0) is 22.7. The second kappa shape index (κ2) is 9.11. The third-order valence-electron chi connectivity index (χ3n) is 5.12. The van der Waals surface area contributed by atoms with E-state index < -0.39 is 17.8 Å². The predicted octanol–water partition coefficient (Wildman–Crippen LogP) is 4.16. The van der Waals surface area contributed by atoms with E-state index in [4.69, 9.17) is 4.74 Å². The van der Waals surface area contributed by atoms with E-state index in [2.05, 4.69) is 27.6 Å². The molecule has 0 bridgehead atoms. The van der Waals surface area contributed by atoms with Crippen molar-refractivity contribution in [1.82, 2.24) is 19.9 Å². The molecule has 1 atom stereocenters. The molecule has 3 aromatic rings. The average molecular weight is 463 g/mol. The maximum atomic E-state index is 12.7. The van der Waals surface area contributed by atoms with E-state index in [-0.39, 0.29) is 5.25 Å². The normalized spacial score (nSPS) is 15.5. The number of nitrogens with zero attached hydrogens (tertiary/aromatic N) is 4. The molecular weight excluding hydrogens is 443 g/mol. The average Bonchev–Trinajstić information content (AvgIpc) is 3.34. The standard InChI is InChI=1S/C21H20F3N5O2S/c22-21(23,24)15-3-6-17(27-13-15)28-9-11-29(12-10-28)20(30)31-16-4-1-14(2-5-16)18(32)19-25-7-8-26-19/h1-8,13,18,32H,9-12H2,(H,25,26). The summed E-state index contributed by atoms with van der Waals surface area (Å²) in [7, 11) is 0. The number of pyridine rings is 1. The molecular formula is C21H20F3N5O2S. The quantitative estimate of drug-likeness (QED) is 0.569. The maximum absolute atomic E-state index is 12.7. The number of rotatable bonds is 4. The molecule has 1 unspecified atom stereocenters. The second-order valence-electron chi connectivity index (χ2n) is 7.19. The van der Waals surface area contributed by atoms with Gasteiger partial charge in [0.25, 0.3) is 0 Å². The summed E-state index contributed by atoms with van der Waals surface area (Å²) in [6.07, 6.45) is -0.699. The van der Waals surface area contributed by atoms with E-state index in [1.54, 1.807) is 29.4 Å². The highest BCUT2D eigenvalue weighted by Gasteiger charge is 2.31. The van der Waals surface area contributed by atoms with Crippen LogP contribution in [0.25, 0.3) is 0 Å². The maximum Gasteiger partial charge on any atom is 0.417 e. The van der Waals surface area contributed by atoms with Crippen LogP contribution in [-0.4, -0.2) is 52.1 Å². The van der Waals surface area contributed by atoms with Crippen molar-refractivity contribution in [2.24, 2.45) is 0 Å². The van der Waals surface area contributed by atoms with Crippen LogP contribution in [0.5, 0.6) is 5.75 Å². The van der Waals surface area contributed by atoms with E-state index in [9.17, 15) is 18.0 Å². The van der Waals surface area contributed by atoms with Gasteiger partial charge in [0.15, 0.2) is 0 Å². The van der Waals surface area contributed by atoms with Crippen molar-refractivity contribution in [2.45, 2.75) is 11.4 Å². The van der Waals surface area contributed by atoms with Gasteiger partial charge in [0.05, 0.1) is 10.8 Å². The summed E-state index contributed by atoms with van der Waals surface area (Å²) >= 11 is 4.55. The number of benzene rings is 1. The van der Waals surface area contributed by atoms with Crippen LogP contribution in [-0.2, 0) is 6.18 Å². The summed E-state index contributed by atoms with van der Waals surface area (Å²) in [5, 5.41) is -0.221. The summed E-state index contributed by atoms with van der Waals surface area (Å²) < 4.78 is 43.5. The Balaban J connectivity index is 1.30. The van der Waals surface area contributed by atoms with Gasteiger partial charge in [-0.05, 0) is 29.8 Å². The Labute approximate surface area is 187 Å². The van der Waals surface area contributed by atoms with Crippen LogP contribution in [0.4, 0.5) is 23.8 Å². The van der Waals surface area contributed by atoms with Crippen molar-refractivity contribution in [2.75, 3.05) is 31.1 Å². The molecule has 3 heterocycles. The fraction of sp³-hybridized carbons (Fsp3) is 0.286. The fourth-order valence-electron chi connectivity index (χ4n) is 3.33. The SMILES string of the molecule is O=C(Oc1ccc(C(S)c2ncc[nH]2)cc1)N1CCN(c2ccc(C(F)(F)F)cn2)CC1. The highest BCUT2D eigenvalue weighted by Crippen LogP contribution is 2.30. The largest absolute Gasteiger partial charge is 0.417 e. The van der Waals surface area contributed by atoms with E-state index in [1.165, 1.54) is 6.07 Å². The molecule has 7 nitrogen and oxygen atoms in total. The minimum atomic E-state index is -4.42. The molecule has 11 heteroatoms. The lowest BCUT2D eigenvalue weighted by Crippen LogP contribution is -2.49. The summed E-state index contributed by atoms with van der Waals surface area (Å²) in [6, 6.07) is 9.38. The summed E-state index contributed by atoms with van der Waals surface area (Å²) in [6.45, 7) is 1.63.